The van der Waals surface area contributed by atoms with Crippen LogP contribution in [0.15, 0.2) is 30.3 Å². The lowest BCUT2D eigenvalue weighted by molar-refractivity contribution is -0.125. The summed E-state index contributed by atoms with van der Waals surface area (Å²) in [5.74, 6) is -0.00286. The predicted octanol–water partition coefficient (Wildman–Crippen LogP) is 2.08. The summed E-state index contributed by atoms with van der Waals surface area (Å²) in [5.41, 5.74) is 0.388. The zero-order valence-corrected chi connectivity index (χ0v) is 18.0. The van der Waals surface area contributed by atoms with Crippen LogP contribution in [0.4, 0.5) is 4.79 Å². The summed E-state index contributed by atoms with van der Waals surface area (Å²) < 4.78 is 5.38. The van der Waals surface area contributed by atoms with E-state index in [1.165, 1.54) is 0 Å². The third kappa shape index (κ3) is 7.66. The topological polar surface area (TPSA) is 90.9 Å². The Bertz CT molecular complexity index is 660. The van der Waals surface area contributed by atoms with Gasteiger partial charge in [0.25, 0.3) is 0 Å². The molecule has 2 amide bonds. The van der Waals surface area contributed by atoms with E-state index in [-0.39, 0.29) is 11.9 Å². The first-order valence-corrected chi connectivity index (χ1v) is 10.4. The van der Waals surface area contributed by atoms with E-state index in [0.717, 1.165) is 24.9 Å². The summed E-state index contributed by atoms with van der Waals surface area (Å²) in [6, 6.07) is 8.95. The van der Waals surface area contributed by atoms with Crippen molar-refractivity contribution in [2.75, 3.05) is 19.6 Å². The maximum Gasteiger partial charge on any atom is 0.407 e. The summed E-state index contributed by atoms with van der Waals surface area (Å²) in [7, 11) is 0. The van der Waals surface area contributed by atoms with Crippen molar-refractivity contribution < 1.29 is 19.4 Å². The minimum absolute atomic E-state index is 0.00286. The molecule has 1 fully saturated rings. The summed E-state index contributed by atoms with van der Waals surface area (Å²) >= 11 is 0. The molecule has 7 nitrogen and oxygen atoms in total. The molecule has 1 unspecified atom stereocenters. The lowest BCUT2D eigenvalue weighted by atomic mass is 10.0. The minimum atomic E-state index is -0.835. The summed E-state index contributed by atoms with van der Waals surface area (Å²) in [4.78, 5) is 26.6. The van der Waals surface area contributed by atoms with E-state index in [9.17, 15) is 14.7 Å². The van der Waals surface area contributed by atoms with Gasteiger partial charge in [-0.05, 0) is 59.1 Å². The third-order valence-electron chi connectivity index (χ3n) is 4.90. The van der Waals surface area contributed by atoms with Crippen LogP contribution in [0.2, 0.25) is 0 Å². The van der Waals surface area contributed by atoms with Gasteiger partial charge in [-0.2, -0.15) is 0 Å². The molecule has 0 radical (unpaired) electrons. The highest BCUT2D eigenvalue weighted by atomic mass is 16.6. The number of ether oxygens (including phenoxy) is 1. The fourth-order valence-electron chi connectivity index (χ4n) is 3.61. The zero-order chi connectivity index (χ0) is 21.4. The Kier molecular flexibility index (Phi) is 8.46. The molecule has 162 valence electrons. The van der Waals surface area contributed by atoms with Crippen LogP contribution >= 0.6 is 0 Å². The van der Waals surface area contributed by atoms with Gasteiger partial charge >= 0.3 is 6.09 Å². The van der Waals surface area contributed by atoms with Crippen molar-refractivity contribution in [2.45, 2.75) is 70.7 Å². The smallest absolute Gasteiger partial charge is 0.407 e. The zero-order valence-electron chi connectivity index (χ0n) is 18.0. The van der Waals surface area contributed by atoms with Crippen molar-refractivity contribution in [1.82, 2.24) is 15.5 Å². The highest BCUT2D eigenvalue weighted by molar-refractivity contribution is 5.82. The van der Waals surface area contributed by atoms with Crippen LogP contribution in [0, 0.1) is 0 Å². The third-order valence-corrected chi connectivity index (χ3v) is 4.90. The fourth-order valence-corrected chi connectivity index (χ4v) is 3.61. The number of alkyl carbamates (subject to hydrolysis) is 1. The lowest BCUT2D eigenvalue weighted by Gasteiger charge is -2.31. The largest absolute Gasteiger partial charge is 0.444 e. The Morgan fingerprint density at radius 2 is 1.97 bits per heavy atom. The SMILES string of the molecule is CCNC(=O)C1CCCN1C[C@@H](O)[C@@H](Cc1ccccc1)NC(=O)OC(C)(C)C. The Labute approximate surface area is 173 Å². The molecule has 1 aliphatic rings. The van der Waals surface area contributed by atoms with Crippen LogP contribution in [0.25, 0.3) is 0 Å². The Hall–Kier alpha value is -2.12. The second-order valence-electron chi connectivity index (χ2n) is 8.56. The number of carbonyl (C=O) groups is 2. The molecule has 1 aromatic rings. The Morgan fingerprint density at radius 3 is 2.59 bits per heavy atom. The van der Waals surface area contributed by atoms with Gasteiger partial charge in [-0.3, -0.25) is 9.69 Å². The molecule has 0 bridgehead atoms. The van der Waals surface area contributed by atoms with E-state index < -0.39 is 23.8 Å². The number of β-amino-alcohol motifs (C(OH)–C–C–N with tert-alkyl or cyclic N) is 1. The molecular weight excluding hydrogens is 370 g/mol. The minimum Gasteiger partial charge on any atom is -0.444 e. The van der Waals surface area contributed by atoms with Crippen LogP contribution in [-0.4, -0.2) is 65.4 Å². The maximum atomic E-state index is 12.3. The number of benzene rings is 1. The van der Waals surface area contributed by atoms with E-state index in [0.29, 0.717) is 19.5 Å². The average molecular weight is 406 g/mol. The van der Waals surface area contributed by atoms with E-state index in [4.69, 9.17) is 4.74 Å². The first-order chi connectivity index (χ1) is 13.7. The van der Waals surface area contributed by atoms with Gasteiger partial charge < -0.3 is 20.5 Å². The van der Waals surface area contributed by atoms with Gasteiger partial charge in [0.1, 0.15) is 5.60 Å². The predicted molar refractivity (Wildman–Crippen MR) is 113 cm³/mol. The highest BCUT2D eigenvalue weighted by Gasteiger charge is 2.34. The van der Waals surface area contributed by atoms with Gasteiger partial charge in [0, 0.05) is 13.1 Å². The molecule has 0 spiro atoms. The van der Waals surface area contributed by atoms with Crippen molar-refractivity contribution in [2.24, 2.45) is 0 Å². The number of hydrogen-bond acceptors (Lipinski definition) is 5. The molecule has 1 aliphatic heterocycles. The van der Waals surface area contributed by atoms with E-state index in [1.54, 1.807) is 20.8 Å². The van der Waals surface area contributed by atoms with Crippen molar-refractivity contribution in [3.8, 4) is 0 Å². The van der Waals surface area contributed by atoms with Crippen LogP contribution in [0.5, 0.6) is 0 Å². The first kappa shape index (κ1) is 23.2. The standard InChI is InChI=1S/C22H35N3O4/c1-5-23-20(27)18-12-9-13-25(18)15-19(26)17(14-16-10-7-6-8-11-16)24-21(28)29-22(2,3)4/h6-8,10-11,17-19,26H,5,9,12-15H2,1-4H3,(H,23,27)(H,24,28)/t17-,18?,19-/m1/s1. The molecule has 7 heteroatoms. The van der Waals surface area contributed by atoms with Gasteiger partial charge in [0.05, 0.1) is 18.2 Å². The maximum absolute atomic E-state index is 12.3. The molecule has 1 saturated heterocycles. The number of likely N-dealkylation sites (tertiary alicyclic amines) is 1. The van der Waals surface area contributed by atoms with Crippen LogP contribution < -0.4 is 10.6 Å². The van der Waals surface area contributed by atoms with E-state index in [2.05, 4.69) is 10.6 Å². The number of hydrogen-bond donors (Lipinski definition) is 3. The molecule has 0 saturated carbocycles. The van der Waals surface area contributed by atoms with Gasteiger partial charge in [0.2, 0.25) is 5.91 Å². The molecule has 3 atom stereocenters. The van der Waals surface area contributed by atoms with Crippen molar-refractivity contribution in [3.63, 3.8) is 0 Å². The molecule has 1 aromatic carbocycles. The number of nitrogens with zero attached hydrogens (tertiary/aromatic N) is 1. The van der Waals surface area contributed by atoms with Crippen molar-refractivity contribution >= 4 is 12.0 Å². The molecule has 0 aliphatic carbocycles. The Balaban J connectivity index is 2.07. The van der Waals surface area contributed by atoms with E-state index >= 15 is 0 Å². The summed E-state index contributed by atoms with van der Waals surface area (Å²) in [6.07, 6.45) is 0.775. The number of rotatable bonds is 8. The number of likely N-dealkylation sites (N-methyl/N-ethyl adjacent to an activating group) is 1. The average Bonchev–Trinajstić information content (AvgIpc) is 3.09. The van der Waals surface area contributed by atoms with Gasteiger partial charge in [-0.25, -0.2) is 4.79 Å². The van der Waals surface area contributed by atoms with Gasteiger partial charge in [-0.15, -0.1) is 0 Å². The monoisotopic (exact) mass is 405 g/mol. The lowest BCUT2D eigenvalue weighted by Crippen LogP contribution is -2.53. The molecule has 29 heavy (non-hydrogen) atoms. The molecular formula is C22H35N3O4. The number of nitrogens with one attached hydrogen (secondary N) is 2. The summed E-state index contributed by atoms with van der Waals surface area (Å²) in [5, 5.41) is 16.7. The molecule has 3 N–H and O–H groups in total. The van der Waals surface area contributed by atoms with Crippen LogP contribution in [0.1, 0.15) is 46.1 Å². The first-order valence-electron chi connectivity index (χ1n) is 10.4. The molecule has 1 heterocycles. The molecule has 0 aromatic heterocycles. The van der Waals surface area contributed by atoms with Crippen molar-refractivity contribution in [3.05, 3.63) is 35.9 Å². The van der Waals surface area contributed by atoms with E-state index in [1.807, 2.05) is 42.2 Å². The number of amides is 2. The number of aliphatic hydroxyl groups is 1. The second-order valence-corrected chi connectivity index (χ2v) is 8.56. The molecule has 2 rings (SSSR count). The van der Waals surface area contributed by atoms with Crippen LogP contribution in [0.3, 0.4) is 0 Å². The summed E-state index contributed by atoms with van der Waals surface area (Å²) in [6.45, 7) is 8.96. The van der Waals surface area contributed by atoms with Crippen molar-refractivity contribution in [1.29, 1.82) is 0 Å². The number of carbonyl (C=O) groups excluding carboxylic acids is 2. The second kappa shape index (κ2) is 10.6. The Morgan fingerprint density at radius 1 is 1.28 bits per heavy atom. The quantitative estimate of drug-likeness (QED) is 0.616. The van der Waals surface area contributed by atoms with Crippen LogP contribution in [-0.2, 0) is 16.0 Å². The fraction of sp³-hybridized carbons (Fsp3) is 0.636. The van der Waals surface area contributed by atoms with Gasteiger partial charge in [0.15, 0.2) is 0 Å². The highest BCUT2D eigenvalue weighted by Crippen LogP contribution is 2.19. The normalized spacial score (nSPS) is 19.4. The van der Waals surface area contributed by atoms with Gasteiger partial charge in [-0.1, -0.05) is 30.3 Å². The number of aliphatic hydroxyl groups excluding tert-OH is 1.